The van der Waals surface area contributed by atoms with Gasteiger partial charge in [0.1, 0.15) is 5.54 Å². The largest absolute Gasteiger partial charge is 0.359 e. The minimum absolute atomic E-state index is 0.0560. The highest BCUT2D eigenvalue weighted by molar-refractivity contribution is 5.83. The topological polar surface area (TPSA) is 56.1 Å². The van der Waals surface area contributed by atoms with Crippen LogP contribution in [0.2, 0.25) is 0 Å². The van der Waals surface area contributed by atoms with E-state index in [1.807, 2.05) is 19.1 Å². The lowest BCUT2D eigenvalue weighted by molar-refractivity contribution is -0.121. The molecule has 1 aromatic rings. The van der Waals surface area contributed by atoms with Crippen LogP contribution in [-0.2, 0) is 11.2 Å². The molecule has 0 spiro atoms. The first-order chi connectivity index (χ1) is 10.5. The number of nitrogens with one attached hydrogen (secondary N) is 1. The summed E-state index contributed by atoms with van der Waals surface area (Å²) in [6.45, 7) is 4.33. The summed E-state index contributed by atoms with van der Waals surface area (Å²) in [6, 6.07) is 10.9. The van der Waals surface area contributed by atoms with Crippen LogP contribution < -0.4 is 10.2 Å². The third-order valence-electron chi connectivity index (χ3n) is 5.00. The van der Waals surface area contributed by atoms with Gasteiger partial charge < -0.3 is 10.2 Å². The number of rotatable bonds is 4. The number of nitriles is 1. The van der Waals surface area contributed by atoms with Crippen molar-refractivity contribution < 1.29 is 4.79 Å². The summed E-state index contributed by atoms with van der Waals surface area (Å²) >= 11 is 0. The number of nitrogens with zero attached hydrogens (tertiary/aromatic N) is 2. The van der Waals surface area contributed by atoms with E-state index >= 15 is 0 Å². The van der Waals surface area contributed by atoms with Gasteiger partial charge in [-0.2, -0.15) is 5.26 Å². The fourth-order valence-electron chi connectivity index (χ4n) is 3.37. The molecule has 2 aliphatic rings. The van der Waals surface area contributed by atoms with Crippen LogP contribution in [0.5, 0.6) is 0 Å². The van der Waals surface area contributed by atoms with Gasteiger partial charge in [-0.15, -0.1) is 0 Å². The van der Waals surface area contributed by atoms with Crippen LogP contribution in [0.25, 0.3) is 0 Å². The Labute approximate surface area is 132 Å². The standard InChI is InChI=1S/C18H23N3O/c1-13-7-8-14-5-3-4-6-16(14)21(13)11-17(22)20-18(2,12-19)15-9-10-15/h3-6,13,15H,7-11H2,1-2H3,(H,20,22)/t13-,18+/m0/s1. The van der Waals surface area contributed by atoms with Crippen molar-refractivity contribution in [2.24, 2.45) is 5.92 Å². The molecule has 1 aliphatic carbocycles. The smallest absolute Gasteiger partial charge is 0.240 e. The van der Waals surface area contributed by atoms with Crippen LogP contribution >= 0.6 is 0 Å². The monoisotopic (exact) mass is 297 g/mol. The lowest BCUT2D eigenvalue weighted by Crippen LogP contribution is -2.52. The van der Waals surface area contributed by atoms with E-state index in [4.69, 9.17) is 0 Å². The summed E-state index contributed by atoms with van der Waals surface area (Å²) in [5.41, 5.74) is 1.75. The van der Waals surface area contributed by atoms with Gasteiger partial charge >= 0.3 is 0 Å². The van der Waals surface area contributed by atoms with E-state index in [-0.39, 0.29) is 5.91 Å². The van der Waals surface area contributed by atoms with Gasteiger partial charge in [0.2, 0.25) is 5.91 Å². The molecule has 116 valence electrons. The lowest BCUT2D eigenvalue weighted by atomic mass is 9.96. The fraction of sp³-hybridized carbons (Fsp3) is 0.556. The third kappa shape index (κ3) is 2.81. The molecule has 0 unspecified atom stereocenters. The number of hydrogen-bond acceptors (Lipinski definition) is 3. The summed E-state index contributed by atoms with van der Waals surface area (Å²) in [7, 11) is 0. The molecule has 3 rings (SSSR count). The number of para-hydroxylation sites is 1. The van der Waals surface area contributed by atoms with Crippen molar-refractivity contribution in [1.82, 2.24) is 5.32 Å². The summed E-state index contributed by atoms with van der Waals surface area (Å²) in [4.78, 5) is 14.6. The zero-order chi connectivity index (χ0) is 15.7. The number of hydrogen-bond donors (Lipinski definition) is 1. The molecule has 22 heavy (non-hydrogen) atoms. The van der Waals surface area contributed by atoms with Crippen molar-refractivity contribution >= 4 is 11.6 Å². The van der Waals surface area contributed by atoms with E-state index in [0.717, 1.165) is 31.4 Å². The van der Waals surface area contributed by atoms with Gasteiger partial charge in [-0.1, -0.05) is 18.2 Å². The number of fused-ring (bicyclic) bond motifs is 1. The summed E-state index contributed by atoms with van der Waals surface area (Å²) in [6.07, 6.45) is 4.19. The molecule has 1 saturated carbocycles. The highest BCUT2D eigenvalue weighted by atomic mass is 16.2. The molecule has 2 atom stereocenters. The van der Waals surface area contributed by atoms with Gasteiger partial charge in [-0.3, -0.25) is 4.79 Å². The minimum Gasteiger partial charge on any atom is -0.359 e. The second-order valence-corrected chi connectivity index (χ2v) is 6.78. The van der Waals surface area contributed by atoms with Gasteiger partial charge in [0.15, 0.2) is 0 Å². The molecular formula is C18H23N3O. The molecule has 0 radical (unpaired) electrons. The van der Waals surface area contributed by atoms with E-state index in [1.54, 1.807) is 0 Å². The molecule has 0 bridgehead atoms. The Morgan fingerprint density at radius 2 is 2.14 bits per heavy atom. The normalized spacial score (nSPS) is 23.1. The predicted molar refractivity (Wildman–Crippen MR) is 86.5 cm³/mol. The maximum absolute atomic E-state index is 12.5. The number of anilines is 1. The maximum atomic E-state index is 12.5. The molecule has 1 aromatic carbocycles. The van der Waals surface area contributed by atoms with E-state index in [0.29, 0.717) is 18.5 Å². The Balaban J connectivity index is 1.72. The number of amides is 1. The van der Waals surface area contributed by atoms with Crippen LogP contribution in [0, 0.1) is 17.2 Å². The highest BCUT2D eigenvalue weighted by Crippen LogP contribution is 2.39. The van der Waals surface area contributed by atoms with Gasteiger partial charge in [-0.25, -0.2) is 0 Å². The van der Waals surface area contributed by atoms with E-state index in [1.165, 1.54) is 5.56 Å². The summed E-state index contributed by atoms with van der Waals surface area (Å²) in [5, 5.41) is 12.3. The van der Waals surface area contributed by atoms with Crippen molar-refractivity contribution in [1.29, 1.82) is 5.26 Å². The maximum Gasteiger partial charge on any atom is 0.240 e. The number of benzene rings is 1. The third-order valence-corrected chi connectivity index (χ3v) is 5.00. The van der Waals surface area contributed by atoms with E-state index in [9.17, 15) is 10.1 Å². The predicted octanol–water partition coefficient (Wildman–Crippen LogP) is 2.64. The first-order valence-electron chi connectivity index (χ1n) is 8.10. The average molecular weight is 297 g/mol. The lowest BCUT2D eigenvalue weighted by Gasteiger charge is -2.37. The fourth-order valence-corrected chi connectivity index (χ4v) is 3.37. The zero-order valence-corrected chi connectivity index (χ0v) is 13.3. The van der Waals surface area contributed by atoms with Gasteiger partial charge in [-0.05, 0) is 57.1 Å². The van der Waals surface area contributed by atoms with Crippen LogP contribution in [0.1, 0.15) is 38.7 Å². The summed E-state index contributed by atoms with van der Waals surface area (Å²) in [5.74, 6) is 0.256. The van der Waals surface area contributed by atoms with Gasteiger partial charge in [0.25, 0.3) is 0 Å². The van der Waals surface area contributed by atoms with Crippen molar-refractivity contribution in [3.8, 4) is 6.07 Å². The van der Waals surface area contributed by atoms with Crippen molar-refractivity contribution in [2.75, 3.05) is 11.4 Å². The van der Waals surface area contributed by atoms with Crippen LogP contribution in [0.3, 0.4) is 0 Å². The molecule has 1 fully saturated rings. The molecule has 1 amide bonds. The number of aryl methyl sites for hydroxylation is 1. The molecule has 0 saturated heterocycles. The molecule has 1 aliphatic heterocycles. The van der Waals surface area contributed by atoms with Crippen LogP contribution in [-0.4, -0.2) is 24.0 Å². The van der Waals surface area contributed by atoms with Crippen molar-refractivity contribution in [3.63, 3.8) is 0 Å². The van der Waals surface area contributed by atoms with E-state index < -0.39 is 5.54 Å². The first kappa shape index (κ1) is 14.9. The summed E-state index contributed by atoms with van der Waals surface area (Å²) < 4.78 is 0. The SMILES string of the molecule is C[C@H]1CCc2ccccc2N1CC(=O)N[C@](C)(C#N)C1CC1. The molecule has 4 heteroatoms. The van der Waals surface area contributed by atoms with Crippen LogP contribution in [0.15, 0.2) is 24.3 Å². The second-order valence-electron chi connectivity index (χ2n) is 6.78. The van der Waals surface area contributed by atoms with Gasteiger partial charge in [0, 0.05) is 11.7 Å². The molecule has 1 N–H and O–H groups in total. The molecule has 1 heterocycles. The molecule has 4 nitrogen and oxygen atoms in total. The number of carbonyl (C=O) groups is 1. The zero-order valence-electron chi connectivity index (χ0n) is 13.3. The average Bonchev–Trinajstić information content (AvgIpc) is 3.35. The Morgan fingerprint density at radius 3 is 2.82 bits per heavy atom. The van der Waals surface area contributed by atoms with Gasteiger partial charge in [0.05, 0.1) is 12.6 Å². The van der Waals surface area contributed by atoms with E-state index in [2.05, 4.69) is 35.3 Å². The first-order valence-corrected chi connectivity index (χ1v) is 8.10. The highest BCUT2D eigenvalue weighted by Gasteiger charge is 2.43. The van der Waals surface area contributed by atoms with Crippen molar-refractivity contribution in [2.45, 2.75) is 51.1 Å². The Hall–Kier alpha value is -2.02. The quantitative estimate of drug-likeness (QED) is 0.929. The Morgan fingerprint density at radius 1 is 1.41 bits per heavy atom. The van der Waals surface area contributed by atoms with Crippen molar-refractivity contribution in [3.05, 3.63) is 29.8 Å². The van der Waals surface area contributed by atoms with Crippen LogP contribution in [0.4, 0.5) is 5.69 Å². The Kier molecular flexibility index (Phi) is 3.82. The minimum atomic E-state index is -0.713. The number of carbonyl (C=O) groups excluding carboxylic acids is 1. The second kappa shape index (κ2) is 5.64. The molecular weight excluding hydrogens is 274 g/mol. The Bertz CT molecular complexity index is 617. The molecule has 0 aromatic heterocycles.